The van der Waals surface area contributed by atoms with Crippen LogP contribution < -0.4 is 0 Å². The highest BCUT2D eigenvalue weighted by molar-refractivity contribution is 5.71. The molecule has 0 aliphatic rings. The van der Waals surface area contributed by atoms with E-state index in [1.807, 2.05) is 13.8 Å². The second-order valence-electron chi connectivity index (χ2n) is 3.81. The van der Waals surface area contributed by atoms with Gasteiger partial charge in [-0.25, -0.2) is 0 Å². The second-order valence-corrected chi connectivity index (χ2v) is 3.81. The maximum atomic E-state index is 11.3. The summed E-state index contributed by atoms with van der Waals surface area (Å²) in [7, 11) is 0. The van der Waals surface area contributed by atoms with Gasteiger partial charge >= 0.3 is 5.97 Å². The van der Waals surface area contributed by atoms with Crippen LogP contribution in [0.15, 0.2) is 0 Å². The maximum Gasteiger partial charge on any atom is 0.320 e. The standard InChI is InChI=1S/C11H23NO2/c1-5-7-12(8-6-2)9-11(13)14-10(3)4/h10H,5-9H2,1-4H3. The minimum absolute atomic E-state index is 0.00685. The summed E-state index contributed by atoms with van der Waals surface area (Å²) in [6.07, 6.45) is 2.15. The molecule has 3 heteroatoms. The van der Waals surface area contributed by atoms with Gasteiger partial charge in [-0.1, -0.05) is 13.8 Å². The van der Waals surface area contributed by atoms with Gasteiger partial charge in [-0.2, -0.15) is 0 Å². The van der Waals surface area contributed by atoms with Crippen LogP contribution in [0.1, 0.15) is 40.5 Å². The zero-order valence-electron chi connectivity index (χ0n) is 9.88. The van der Waals surface area contributed by atoms with Crippen LogP contribution in [0.4, 0.5) is 0 Å². The van der Waals surface area contributed by atoms with Crippen molar-refractivity contribution in [3.05, 3.63) is 0 Å². The molecule has 0 atom stereocenters. The van der Waals surface area contributed by atoms with Gasteiger partial charge < -0.3 is 4.74 Å². The van der Waals surface area contributed by atoms with E-state index in [2.05, 4.69) is 18.7 Å². The van der Waals surface area contributed by atoms with Crippen LogP contribution in [-0.2, 0) is 9.53 Å². The van der Waals surface area contributed by atoms with Gasteiger partial charge in [-0.05, 0) is 39.8 Å². The monoisotopic (exact) mass is 201 g/mol. The first-order valence-corrected chi connectivity index (χ1v) is 5.52. The fourth-order valence-electron chi connectivity index (χ4n) is 1.39. The molecule has 0 saturated carbocycles. The Morgan fingerprint density at radius 1 is 1.21 bits per heavy atom. The molecule has 0 N–H and O–H groups in total. The van der Waals surface area contributed by atoms with E-state index in [9.17, 15) is 4.79 Å². The molecule has 0 aromatic heterocycles. The normalized spacial score (nSPS) is 11.0. The summed E-state index contributed by atoms with van der Waals surface area (Å²) in [6, 6.07) is 0. The van der Waals surface area contributed by atoms with Crippen LogP contribution >= 0.6 is 0 Å². The molecule has 0 aliphatic heterocycles. The predicted molar refractivity (Wildman–Crippen MR) is 58.3 cm³/mol. The molecule has 0 heterocycles. The van der Waals surface area contributed by atoms with Gasteiger partial charge in [0.1, 0.15) is 0 Å². The number of hydrogen-bond donors (Lipinski definition) is 0. The Labute approximate surface area is 87.4 Å². The van der Waals surface area contributed by atoms with Crippen molar-refractivity contribution in [3.8, 4) is 0 Å². The van der Waals surface area contributed by atoms with Gasteiger partial charge in [0, 0.05) is 0 Å². The van der Waals surface area contributed by atoms with Gasteiger partial charge in [0.2, 0.25) is 0 Å². The third-order valence-corrected chi connectivity index (χ3v) is 1.80. The quantitative estimate of drug-likeness (QED) is 0.590. The van der Waals surface area contributed by atoms with Crippen molar-refractivity contribution < 1.29 is 9.53 Å². The molecular weight excluding hydrogens is 178 g/mol. The van der Waals surface area contributed by atoms with Crippen molar-refractivity contribution in [1.82, 2.24) is 4.90 Å². The average Bonchev–Trinajstić information content (AvgIpc) is 2.03. The number of carbonyl (C=O) groups is 1. The molecule has 0 aromatic carbocycles. The molecule has 0 fully saturated rings. The lowest BCUT2D eigenvalue weighted by Gasteiger charge is -2.20. The summed E-state index contributed by atoms with van der Waals surface area (Å²) in [5.74, 6) is -0.109. The number of nitrogens with zero attached hydrogens (tertiary/aromatic N) is 1. The maximum absolute atomic E-state index is 11.3. The fraction of sp³-hybridized carbons (Fsp3) is 0.909. The molecule has 0 spiro atoms. The van der Waals surface area contributed by atoms with E-state index in [1.165, 1.54) is 0 Å². The molecule has 0 saturated heterocycles. The van der Waals surface area contributed by atoms with E-state index in [1.54, 1.807) is 0 Å². The van der Waals surface area contributed by atoms with Crippen LogP contribution in [0.2, 0.25) is 0 Å². The number of esters is 1. The van der Waals surface area contributed by atoms with Crippen LogP contribution in [0.25, 0.3) is 0 Å². The van der Waals surface area contributed by atoms with Crippen molar-refractivity contribution in [2.24, 2.45) is 0 Å². The second kappa shape index (κ2) is 7.80. The van der Waals surface area contributed by atoms with Gasteiger partial charge in [0.05, 0.1) is 12.6 Å². The van der Waals surface area contributed by atoms with Crippen LogP contribution in [0, 0.1) is 0 Å². The Kier molecular flexibility index (Phi) is 7.48. The number of ether oxygens (including phenoxy) is 1. The van der Waals surface area contributed by atoms with Crippen molar-refractivity contribution in [2.75, 3.05) is 19.6 Å². The first-order chi connectivity index (χ1) is 6.60. The number of rotatable bonds is 7. The highest BCUT2D eigenvalue weighted by Gasteiger charge is 2.11. The van der Waals surface area contributed by atoms with E-state index in [0.717, 1.165) is 25.9 Å². The lowest BCUT2D eigenvalue weighted by atomic mass is 10.3. The first kappa shape index (κ1) is 13.4. The zero-order valence-corrected chi connectivity index (χ0v) is 9.88. The number of hydrogen-bond acceptors (Lipinski definition) is 3. The Balaban J connectivity index is 3.82. The Hall–Kier alpha value is -0.570. The van der Waals surface area contributed by atoms with Crippen molar-refractivity contribution >= 4 is 5.97 Å². The molecule has 0 unspecified atom stereocenters. The topological polar surface area (TPSA) is 29.5 Å². The molecule has 0 amide bonds. The van der Waals surface area contributed by atoms with Crippen molar-refractivity contribution in [2.45, 2.75) is 46.6 Å². The van der Waals surface area contributed by atoms with E-state index in [4.69, 9.17) is 4.74 Å². The molecule has 0 bridgehead atoms. The average molecular weight is 201 g/mol. The highest BCUT2D eigenvalue weighted by atomic mass is 16.5. The molecular formula is C11H23NO2. The highest BCUT2D eigenvalue weighted by Crippen LogP contribution is 1.97. The molecule has 14 heavy (non-hydrogen) atoms. The fourth-order valence-corrected chi connectivity index (χ4v) is 1.39. The molecule has 0 aliphatic carbocycles. The molecule has 84 valence electrons. The van der Waals surface area contributed by atoms with Gasteiger partial charge in [0.25, 0.3) is 0 Å². The van der Waals surface area contributed by atoms with Crippen molar-refractivity contribution in [1.29, 1.82) is 0 Å². The summed E-state index contributed by atoms with van der Waals surface area (Å²) >= 11 is 0. The van der Waals surface area contributed by atoms with E-state index in [-0.39, 0.29) is 12.1 Å². The summed E-state index contributed by atoms with van der Waals surface area (Å²) in [5, 5.41) is 0. The van der Waals surface area contributed by atoms with E-state index >= 15 is 0 Å². The molecule has 3 nitrogen and oxygen atoms in total. The third-order valence-electron chi connectivity index (χ3n) is 1.80. The Morgan fingerprint density at radius 3 is 2.07 bits per heavy atom. The summed E-state index contributed by atoms with van der Waals surface area (Å²) in [6.45, 7) is 10.4. The van der Waals surface area contributed by atoms with Crippen LogP contribution in [0.5, 0.6) is 0 Å². The Bertz CT molecular complexity index is 151. The van der Waals surface area contributed by atoms with E-state index in [0.29, 0.717) is 6.54 Å². The van der Waals surface area contributed by atoms with E-state index < -0.39 is 0 Å². The SMILES string of the molecule is CCCN(CCC)CC(=O)OC(C)C. The van der Waals surface area contributed by atoms with Crippen LogP contribution in [0.3, 0.4) is 0 Å². The lowest BCUT2D eigenvalue weighted by molar-refractivity contribution is -0.148. The zero-order chi connectivity index (χ0) is 11.0. The summed E-state index contributed by atoms with van der Waals surface area (Å²) < 4.78 is 5.09. The summed E-state index contributed by atoms with van der Waals surface area (Å²) in [5.41, 5.74) is 0. The molecule has 0 radical (unpaired) electrons. The van der Waals surface area contributed by atoms with Gasteiger partial charge in [-0.15, -0.1) is 0 Å². The van der Waals surface area contributed by atoms with Crippen molar-refractivity contribution in [3.63, 3.8) is 0 Å². The summed E-state index contributed by atoms with van der Waals surface area (Å²) in [4.78, 5) is 13.5. The van der Waals surface area contributed by atoms with Gasteiger partial charge in [0.15, 0.2) is 0 Å². The lowest BCUT2D eigenvalue weighted by Crippen LogP contribution is -2.33. The minimum atomic E-state index is -0.109. The minimum Gasteiger partial charge on any atom is -0.462 e. The third kappa shape index (κ3) is 6.89. The molecule has 0 rings (SSSR count). The molecule has 0 aromatic rings. The smallest absolute Gasteiger partial charge is 0.320 e. The largest absolute Gasteiger partial charge is 0.462 e. The van der Waals surface area contributed by atoms with Gasteiger partial charge in [-0.3, -0.25) is 9.69 Å². The predicted octanol–water partition coefficient (Wildman–Crippen LogP) is 2.06. The Morgan fingerprint density at radius 2 is 1.71 bits per heavy atom. The number of carbonyl (C=O) groups excluding carboxylic acids is 1. The first-order valence-electron chi connectivity index (χ1n) is 5.52. The van der Waals surface area contributed by atoms with Crippen LogP contribution in [-0.4, -0.2) is 36.6 Å².